The Kier molecular flexibility index (Phi) is 8.00. The molecule has 0 aromatic heterocycles. The molecule has 2 aliphatic rings. The van der Waals surface area contributed by atoms with E-state index in [-0.39, 0.29) is 6.09 Å². The van der Waals surface area contributed by atoms with Crippen LogP contribution in [0.1, 0.15) is 47.0 Å². The Balaban J connectivity index is 1.66. The zero-order valence-corrected chi connectivity index (χ0v) is 17.1. The molecule has 0 unspecified atom stereocenters. The van der Waals surface area contributed by atoms with E-state index in [1.165, 1.54) is 12.8 Å². The Morgan fingerprint density at radius 1 is 1.04 bits per heavy atom. The molecule has 0 aromatic rings. The summed E-state index contributed by atoms with van der Waals surface area (Å²) >= 11 is 0. The average molecular weight is 368 g/mol. The molecule has 2 heterocycles. The number of nitrogens with one attached hydrogen (secondary N) is 1. The Bertz CT molecular complexity index is 461. The predicted octanol–water partition coefficient (Wildman–Crippen LogP) is 1.99. The van der Waals surface area contributed by atoms with Gasteiger partial charge in [0.2, 0.25) is 0 Å². The molecule has 2 aliphatic heterocycles. The first-order chi connectivity index (χ1) is 12.4. The lowest BCUT2D eigenvalue weighted by molar-refractivity contribution is 0.0145. The molecule has 1 N–H and O–H groups in total. The molecule has 0 bridgehead atoms. The van der Waals surface area contributed by atoms with Gasteiger partial charge in [0.05, 0.1) is 0 Å². The Hall–Kier alpha value is -1.50. The number of likely N-dealkylation sites (tertiary alicyclic amines) is 1. The fourth-order valence-corrected chi connectivity index (χ4v) is 3.31. The van der Waals surface area contributed by atoms with Crippen LogP contribution < -0.4 is 5.32 Å². The SMILES string of the molecule is CCNC(=NCCCN1CCN(C(=O)OC(C)(C)C)CC1)N1CCCC1. The van der Waals surface area contributed by atoms with Crippen molar-refractivity contribution >= 4 is 12.1 Å². The summed E-state index contributed by atoms with van der Waals surface area (Å²) in [6.07, 6.45) is 3.40. The van der Waals surface area contributed by atoms with E-state index in [0.29, 0.717) is 0 Å². The normalized spacial score (nSPS) is 19.8. The summed E-state index contributed by atoms with van der Waals surface area (Å²) in [5.74, 6) is 1.07. The summed E-state index contributed by atoms with van der Waals surface area (Å²) in [5, 5.41) is 3.40. The van der Waals surface area contributed by atoms with Crippen LogP contribution in [-0.4, -0.2) is 91.3 Å². The largest absolute Gasteiger partial charge is 0.444 e. The van der Waals surface area contributed by atoms with Crippen LogP contribution in [0.25, 0.3) is 0 Å². The van der Waals surface area contributed by atoms with Crippen LogP contribution in [0.4, 0.5) is 4.79 Å². The molecule has 7 nitrogen and oxygen atoms in total. The summed E-state index contributed by atoms with van der Waals surface area (Å²) < 4.78 is 5.45. The highest BCUT2D eigenvalue weighted by molar-refractivity contribution is 5.80. The Labute approximate surface area is 158 Å². The van der Waals surface area contributed by atoms with Crippen molar-refractivity contribution in [3.63, 3.8) is 0 Å². The van der Waals surface area contributed by atoms with E-state index in [1.54, 1.807) is 0 Å². The number of ether oxygens (including phenoxy) is 1. The van der Waals surface area contributed by atoms with E-state index in [1.807, 2.05) is 25.7 Å². The minimum Gasteiger partial charge on any atom is -0.444 e. The number of carbonyl (C=O) groups excluding carboxylic acids is 1. The summed E-state index contributed by atoms with van der Waals surface area (Å²) in [5.41, 5.74) is -0.425. The number of aliphatic imine (C=N–C) groups is 1. The third-order valence-corrected chi connectivity index (χ3v) is 4.66. The third-order valence-electron chi connectivity index (χ3n) is 4.66. The Morgan fingerprint density at radius 2 is 1.69 bits per heavy atom. The van der Waals surface area contributed by atoms with Gasteiger partial charge in [0.25, 0.3) is 0 Å². The molecule has 2 rings (SSSR count). The van der Waals surface area contributed by atoms with Crippen molar-refractivity contribution in [1.29, 1.82) is 0 Å². The van der Waals surface area contributed by atoms with Crippen molar-refractivity contribution in [3.05, 3.63) is 0 Å². The standard InChI is InChI=1S/C19H37N5O2/c1-5-20-17(23-11-6-7-12-23)21-9-8-10-22-13-15-24(16-14-22)18(25)26-19(2,3)4/h5-16H2,1-4H3,(H,20,21). The number of rotatable bonds is 5. The van der Waals surface area contributed by atoms with Crippen molar-refractivity contribution in [2.45, 2.75) is 52.6 Å². The van der Waals surface area contributed by atoms with E-state index >= 15 is 0 Å². The summed E-state index contributed by atoms with van der Waals surface area (Å²) in [6, 6.07) is 0. The lowest BCUT2D eigenvalue weighted by Crippen LogP contribution is -2.50. The Morgan fingerprint density at radius 3 is 2.27 bits per heavy atom. The van der Waals surface area contributed by atoms with Gasteiger partial charge < -0.3 is 19.9 Å². The molecule has 0 spiro atoms. The maximum atomic E-state index is 12.1. The molecular weight excluding hydrogens is 330 g/mol. The molecule has 2 fully saturated rings. The highest BCUT2D eigenvalue weighted by atomic mass is 16.6. The number of hydrogen-bond donors (Lipinski definition) is 1. The van der Waals surface area contributed by atoms with Gasteiger partial charge in [0.15, 0.2) is 5.96 Å². The molecule has 7 heteroatoms. The second-order valence-corrected chi connectivity index (χ2v) is 8.09. The number of carbonyl (C=O) groups is 1. The summed E-state index contributed by atoms with van der Waals surface area (Å²) in [6.45, 7) is 16.2. The molecule has 2 saturated heterocycles. The number of guanidine groups is 1. The van der Waals surface area contributed by atoms with Crippen LogP contribution in [0.15, 0.2) is 4.99 Å². The highest BCUT2D eigenvalue weighted by Gasteiger charge is 2.25. The van der Waals surface area contributed by atoms with Gasteiger partial charge in [-0.05, 0) is 47.0 Å². The van der Waals surface area contributed by atoms with Crippen molar-refractivity contribution in [1.82, 2.24) is 20.0 Å². The van der Waals surface area contributed by atoms with Gasteiger partial charge in [-0.2, -0.15) is 0 Å². The van der Waals surface area contributed by atoms with Crippen LogP contribution in [0.2, 0.25) is 0 Å². The van der Waals surface area contributed by atoms with Crippen LogP contribution >= 0.6 is 0 Å². The van der Waals surface area contributed by atoms with Crippen molar-refractivity contribution in [3.8, 4) is 0 Å². The number of piperazine rings is 1. The quantitative estimate of drug-likeness (QED) is 0.457. The minimum absolute atomic E-state index is 0.192. The van der Waals surface area contributed by atoms with E-state index in [2.05, 4.69) is 22.0 Å². The van der Waals surface area contributed by atoms with Gasteiger partial charge in [-0.3, -0.25) is 9.89 Å². The van der Waals surface area contributed by atoms with Crippen molar-refractivity contribution < 1.29 is 9.53 Å². The minimum atomic E-state index is -0.425. The number of hydrogen-bond acceptors (Lipinski definition) is 4. The van der Waals surface area contributed by atoms with Crippen molar-refractivity contribution in [2.24, 2.45) is 4.99 Å². The zero-order valence-electron chi connectivity index (χ0n) is 17.1. The topological polar surface area (TPSA) is 60.4 Å². The van der Waals surface area contributed by atoms with Gasteiger partial charge in [-0.15, -0.1) is 0 Å². The maximum Gasteiger partial charge on any atom is 0.410 e. The summed E-state index contributed by atoms with van der Waals surface area (Å²) in [4.78, 5) is 23.5. The lowest BCUT2D eigenvalue weighted by atomic mass is 10.2. The molecular formula is C19H37N5O2. The molecule has 150 valence electrons. The molecule has 26 heavy (non-hydrogen) atoms. The number of amides is 1. The van der Waals surface area contributed by atoms with Gasteiger partial charge in [0, 0.05) is 58.9 Å². The summed E-state index contributed by atoms with van der Waals surface area (Å²) in [7, 11) is 0. The predicted molar refractivity (Wildman–Crippen MR) is 106 cm³/mol. The van der Waals surface area contributed by atoms with Crippen LogP contribution in [0.3, 0.4) is 0 Å². The van der Waals surface area contributed by atoms with Gasteiger partial charge >= 0.3 is 6.09 Å². The third kappa shape index (κ3) is 7.02. The number of nitrogens with zero attached hydrogens (tertiary/aromatic N) is 4. The zero-order chi connectivity index (χ0) is 19.0. The molecule has 0 saturated carbocycles. The van der Waals surface area contributed by atoms with Crippen LogP contribution in [-0.2, 0) is 4.74 Å². The van der Waals surface area contributed by atoms with E-state index in [9.17, 15) is 4.79 Å². The molecule has 0 radical (unpaired) electrons. The fourth-order valence-electron chi connectivity index (χ4n) is 3.31. The molecule has 0 aliphatic carbocycles. The first-order valence-corrected chi connectivity index (χ1v) is 10.1. The second-order valence-electron chi connectivity index (χ2n) is 8.09. The van der Waals surface area contributed by atoms with E-state index < -0.39 is 5.60 Å². The first-order valence-electron chi connectivity index (χ1n) is 10.1. The monoisotopic (exact) mass is 367 g/mol. The van der Waals surface area contributed by atoms with Gasteiger partial charge in [0.1, 0.15) is 5.60 Å². The van der Waals surface area contributed by atoms with Gasteiger partial charge in [-0.1, -0.05) is 0 Å². The maximum absolute atomic E-state index is 12.1. The van der Waals surface area contributed by atoms with Crippen LogP contribution in [0, 0.1) is 0 Å². The average Bonchev–Trinajstić information content (AvgIpc) is 3.11. The van der Waals surface area contributed by atoms with Crippen LogP contribution in [0.5, 0.6) is 0 Å². The highest BCUT2D eigenvalue weighted by Crippen LogP contribution is 2.12. The molecule has 1 amide bonds. The van der Waals surface area contributed by atoms with Crippen molar-refractivity contribution in [2.75, 3.05) is 58.9 Å². The van der Waals surface area contributed by atoms with E-state index in [0.717, 1.165) is 71.3 Å². The molecule has 0 atom stereocenters. The first kappa shape index (κ1) is 20.8. The van der Waals surface area contributed by atoms with Gasteiger partial charge in [-0.25, -0.2) is 4.79 Å². The smallest absolute Gasteiger partial charge is 0.410 e. The molecule has 0 aromatic carbocycles. The second kappa shape index (κ2) is 10.00. The van der Waals surface area contributed by atoms with E-state index in [4.69, 9.17) is 9.73 Å². The lowest BCUT2D eigenvalue weighted by Gasteiger charge is -2.35. The fraction of sp³-hybridized carbons (Fsp3) is 0.895.